The van der Waals surface area contributed by atoms with Crippen molar-refractivity contribution in [1.82, 2.24) is 0 Å². The Hall–Kier alpha value is -2.74. The van der Waals surface area contributed by atoms with Gasteiger partial charge in [0.05, 0.1) is 0 Å². The van der Waals surface area contributed by atoms with E-state index in [-0.39, 0.29) is 0 Å². The topological polar surface area (TPSA) is 39.2 Å². The summed E-state index contributed by atoms with van der Waals surface area (Å²) in [6.07, 6.45) is 0. The van der Waals surface area contributed by atoms with Crippen LogP contribution in [0.25, 0.3) is 33.1 Å². The van der Waals surface area contributed by atoms with Crippen molar-refractivity contribution in [2.75, 3.05) is 5.73 Å². The molecule has 0 saturated heterocycles. The van der Waals surface area contributed by atoms with Crippen molar-refractivity contribution in [3.05, 3.63) is 66.2 Å². The summed E-state index contributed by atoms with van der Waals surface area (Å²) in [5, 5.41) is 2.30. The molecule has 0 radical (unpaired) electrons. The molecule has 0 aliphatic rings. The summed E-state index contributed by atoms with van der Waals surface area (Å²) >= 11 is 0. The average Bonchev–Trinajstić information content (AvgIpc) is 2.88. The molecule has 0 aliphatic carbocycles. The normalized spacial score (nSPS) is 11.3. The number of anilines is 1. The Morgan fingerprint density at radius 2 is 1.48 bits per heavy atom. The van der Waals surface area contributed by atoms with Gasteiger partial charge in [-0.3, -0.25) is 0 Å². The minimum absolute atomic E-state index is 0.827. The maximum absolute atomic E-state index is 5.90. The zero-order valence-corrected chi connectivity index (χ0v) is 11.8. The number of nitrogen functional groups attached to an aromatic ring is 1. The standard InChI is InChI=1S/C19H15NO/c1-12-10-13(6-8-17(12)20)14-7-9-19-16(11-14)15-4-2-3-5-18(15)21-19/h2-11H,20H2,1H3. The molecule has 4 aromatic rings. The van der Waals surface area contributed by atoms with Crippen molar-refractivity contribution in [1.29, 1.82) is 0 Å². The number of aryl methyl sites for hydroxylation is 1. The number of hydrogen-bond donors (Lipinski definition) is 1. The summed E-state index contributed by atoms with van der Waals surface area (Å²) in [7, 11) is 0. The Bertz CT molecular complexity index is 966. The molecule has 3 aromatic carbocycles. The first-order valence-corrected chi connectivity index (χ1v) is 7.00. The summed E-state index contributed by atoms with van der Waals surface area (Å²) in [5.41, 5.74) is 12.0. The fourth-order valence-corrected chi connectivity index (χ4v) is 2.76. The lowest BCUT2D eigenvalue weighted by Crippen LogP contribution is -1.89. The molecule has 21 heavy (non-hydrogen) atoms. The Morgan fingerprint density at radius 3 is 2.33 bits per heavy atom. The number of benzene rings is 3. The molecule has 0 saturated carbocycles. The smallest absolute Gasteiger partial charge is 0.135 e. The molecule has 2 nitrogen and oxygen atoms in total. The molecule has 102 valence electrons. The van der Waals surface area contributed by atoms with Crippen LogP contribution in [0.3, 0.4) is 0 Å². The Morgan fingerprint density at radius 1 is 0.762 bits per heavy atom. The van der Waals surface area contributed by atoms with Gasteiger partial charge in [-0.1, -0.05) is 30.3 Å². The molecule has 0 atom stereocenters. The van der Waals surface area contributed by atoms with E-state index in [0.717, 1.165) is 33.2 Å². The molecule has 1 aromatic heterocycles. The first-order chi connectivity index (χ1) is 10.2. The number of hydrogen-bond acceptors (Lipinski definition) is 2. The summed E-state index contributed by atoms with van der Waals surface area (Å²) in [6, 6.07) is 20.6. The van der Waals surface area contributed by atoms with Gasteiger partial charge >= 0.3 is 0 Å². The van der Waals surface area contributed by atoms with Crippen molar-refractivity contribution in [3.63, 3.8) is 0 Å². The number of furan rings is 1. The van der Waals surface area contributed by atoms with Crippen LogP contribution in [-0.4, -0.2) is 0 Å². The number of para-hydroxylation sites is 1. The predicted octanol–water partition coefficient (Wildman–Crippen LogP) is 5.14. The van der Waals surface area contributed by atoms with Gasteiger partial charge in [0.2, 0.25) is 0 Å². The highest BCUT2D eigenvalue weighted by molar-refractivity contribution is 6.06. The van der Waals surface area contributed by atoms with Crippen LogP contribution >= 0.6 is 0 Å². The third kappa shape index (κ3) is 1.88. The Kier molecular flexibility index (Phi) is 2.51. The van der Waals surface area contributed by atoms with E-state index in [2.05, 4.69) is 30.3 Å². The molecule has 4 rings (SSSR count). The SMILES string of the molecule is Cc1cc(-c2ccc3oc4ccccc4c3c2)ccc1N. The monoisotopic (exact) mass is 273 g/mol. The van der Waals surface area contributed by atoms with Crippen LogP contribution in [0.4, 0.5) is 5.69 Å². The average molecular weight is 273 g/mol. The second-order valence-electron chi connectivity index (χ2n) is 5.38. The third-order valence-electron chi connectivity index (χ3n) is 3.98. The van der Waals surface area contributed by atoms with Crippen molar-refractivity contribution in [2.45, 2.75) is 6.92 Å². The van der Waals surface area contributed by atoms with Gasteiger partial charge in [0.1, 0.15) is 11.2 Å². The van der Waals surface area contributed by atoms with Crippen LogP contribution in [0.2, 0.25) is 0 Å². The lowest BCUT2D eigenvalue weighted by molar-refractivity contribution is 0.669. The lowest BCUT2D eigenvalue weighted by Gasteiger charge is -2.05. The van der Waals surface area contributed by atoms with E-state index in [0.29, 0.717) is 0 Å². The molecule has 0 spiro atoms. The molecular weight excluding hydrogens is 258 g/mol. The van der Waals surface area contributed by atoms with Gasteiger partial charge < -0.3 is 10.2 Å². The molecule has 0 bridgehead atoms. The number of rotatable bonds is 1. The molecule has 0 unspecified atom stereocenters. The molecule has 1 heterocycles. The number of fused-ring (bicyclic) bond motifs is 3. The highest BCUT2D eigenvalue weighted by Gasteiger charge is 2.08. The number of nitrogens with two attached hydrogens (primary N) is 1. The van der Waals surface area contributed by atoms with Gasteiger partial charge in [0, 0.05) is 16.5 Å². The van der Waals surface area contributed by atoms with Crippen LogP contribution in [0.5, 0.6) is 0 Å². The molecule has 2 heteroatoms. The summed E-state index contributed by atoms with van der Waals surface area (Å²) < 4.78 is 5.87. The van der Waals surface area contributed by atoms with Crippen molar-refractivity contribution >= 4 is 27.6 Å². The molecule has 2 N–H and O–H groups in total. The zero-order chi connectivity index (χ0) is 14.4. The Balaban J connectivity index is 1.97. The van der Waals surface area contributed by atoms with Crippen molar-refractivity contribution < 1.29 is 4.42 Å². The van der Waals surface area contributed by atoms with E-state index in [9.17, 15) is 0 Å². The largest absolute Gasteiger partial charge is 0.456 e. The minimum Gasteiger partial charge on any atom is -0.456 e. The zero-order valence-electron chi connectivity index (χ0n) is 11.8. The summed E-state index contributed by atoms with van der Waals surface area (Å²) in [4.78, 5) is 0. The molecule has 0 aliphatic heterocycles. The predicted molar refractivity (Wildman–Crippen MR) is 88.3 cm³/mol. The van der Waals surface area contributed by atoms with Crippen LogP contribution < -0.4 is 5.73 Å². The van der Waals surface area contributed by atoms with Gasteiger partial charge in [0.25, 0.3) is 0 Å². The minimum atomic E-state index is 0.827. The van der Waals surface area contributed by atoms with Crippen molar-refractivity contribution in [3.8, 4) is 11.1 Å². The molecular formula is C19H15NO. The van der Waals surface area contributed by atoms with E-state index >= 15 is 0 Å². The van der Waals surface area contributed by atoms with Gasteiger partial charge in [-0.15, -0.1) is 0 Å². The van der Waals surface area contributed by atoms with Gasteiger partial charge in [-0.25, -0.2) is 0 Å². The van der Waals surface area contributed by atoms with Gasteiger partial charge in [-0.05, 0) is 53.9 Å². The quantitative estimate of drug-likeness (QED) is 0.487. The maximum atomic E-state index is 5.90. The Labute approximate surface area is 122 Å². The highest BCUT2D eigenvalue weighted by atomic mass is 16.3. The van der Waals surface area contributed by atoms with Gasteiger partial charge in [0.15, 0.2) is 0 Å². The van der Waals surface area contributed by atoms with E-state index in [1.165, 1.54) is 11.1 Å². The first kappa shape index (κ1) is 12.0. The lowest BCUT2D eigenvalue weighted by atomic mass is 10.0. The van der Waals surface area contributed by atoms with E-state index in [1.54, 1.807) is 0 Å². The van der Waals surface area contributed by atoms with E-state index in [1.807, 2.05) is 37.3 Å². The molecule has 0 amide bonds. The fourth-order valence-electron chi connectivity index (χ4n) is 2.76. The van der Waals surface area contributed by atoms with Crippen LogP contribution in [-0.2, 0) is 0 Å². The maximum Gasteiger partial charge on any atom is 0.135 e. The van der Waals surface area contributed by atoms with Crippen molar-refractivity contribution in [2.24, 2.45) is 0 Å². The molecule has 0 fully saturated rings. The summed E-state index contributed by atoms with van der Waals surface area (Å²) in [5.74, 6) is 0. The highest BCUT2D eigenvalue weighted by Crippen LogP contribution is 2.32. The third-order valence-corrected chi connectivity index (χ3v) is 3.98. The fraction of sp³-hybridized carbons (Fsp3) is 0.0526. The van der Waals surface area contributed by atoms with E-state index in [4.69, 9.17) is 10.2 Å². The first-order valence-electron chi connectivity index (χ1n) is 7.00. The van der Waals surface area contributed by atoms with Crippen LogP contribution in [0.1, 0.15) is 5.56 Å². The van der Waals surface area contributed by atoms with Gasteiger partial charge in [-0.2, -0.15) is 0 Å². The second-order valence-corrected chi connectivity index (χ2v) is 5.38. The van der Waals surface area contributed by atoms with Crippen LogP contribution in [0.15, 0.2) is 65.1 Å². The van der Waals surface area contributed by atoms with E-state index < -0.39 is 0 Å². The summed E-state index contributed by atoms with van der Waals surface area (Å²) in [6.45, 7) is 2.03. The second kappa shape index (κ2) is 4.38. The van der Waals surface area contributed by atoms with Crippen LogP contribution in [0, 0.1) is 6.92 Å².